The van der Waals surface area contributed by atoms with Crippen LogP contribution >= 0.6 is 11.6 Å². The molecule has 0 heterocycles. The smallest absolute Gasteiger partial charge is 0.337 e. The first-order valence-electron chi connectivity index (χ1n) is 5.26. The van der Waals surface area contributed by atoms with Gasteiger partial charge in [-0.15, -0.1) is 11.6 Å². The van der Waals surface area contributed by atoms with Gasteiger partial charge in [-0.3, -0.25) is 4.79 Å². The van der Waals surface area contributed by atoms with Gasteiger partial charge in [-0.05, 0) is 13.0 Å². The van der Waals surface area contributed by atoms with Crippen molar-refractivity contribution in [2.24, 2.45) is 0 Å². The number of hydrogen-bond donors (Lipinski definition) is 2. The maximum absolute atomic E-state index is 12.6. The molecule has 0 fully saturated rings. The minimum Gasteiger partial charge on any atom is -0.479 e. The molecule has 2 atom stereocenters. The van der Waals surface area contributed by atoms with Crippen molar-refractivity contribution < 1.29 is 28.6 Å². The van der Waals surface area contributed by atoms with Crippen LogP contribution in [0.15, 0.2) is 18.2 Å². The molecular formula is C12H11ClF2O4. The summed E-state index contributed by atoms with van der Waals surface area (Å²) in [6.07, 6.45) is -4.90. The van der Waals surface area contributed by atoms with E-state index in [1.54, 1.807) is 0 Å². The fourth-order valence-corrected chi connectivity index (χ4v) is 1.63. The second-order valence-corrected chi connectivity index (χ2v) is 4.52. The number of aliphatic carboxylic acids is 1. The number of aliphatic hydroxyl groups excluding tert-OH is 1. The van der Waals surface area contributed by atoms with Gasteiger partial charge in [0.05, 0.1) is 5.38 Å². The molecule has 1 aromatic rings. The van der Waals surface area contributed by atoms with E-state index in [1.807, 2.05) is 0 Å². The molecule has 0 radical (unpaired) electrons. The molecule has 0 saturated heterocycles. The largest absolute Gasteiger partial charge is 0.479 e. The first-order chi connectivity index (χ1) is 8.75. The predicted molar refractivity (Wildman–Crippen MR) is 63.6 cm³/mol. The maximum Gasteiger partial charge on any atom is 0.337 e. The number of Topliss-reactive ketones (excluding diaryl/α,β-unsaturated/α-hetero) is 1. The Morgan fingerprint density at radius 3 is 2.32 bits per heavy atom. The van der Waals surface area contributed by atoms with Crippen molar-refractivity contribution in [1.29, 1.82) is 0 Å². The summed E-state index contributed by atoms with van der Waals surface area (Å²) in [5, 5.41) is 17.2. The molecule has 0 saturated carbocycles. The molecule has 0 aliphatic heterocycles. The highest BCUT2D eigenvalue weighted by Crippen LogP contribution is 2.27. The van der Waals surface area contributed by atoms with Crippen LogP contribution in [0, 0.1) is 0 Å². The minimum absolute atomic E-state index is 0.179. The highest BCUT2D eigenvalue weighted by atomic mass is 35.5. The Kier molecular flexibility index (Phi) is 4.97. The third kappa shape index (κ3) is 3.48. The maximum atomic E-state index is 12.6. The molecule has 2 N–H and O–H groups in total. The van der Waals surface area contributed by atoms with Crippen LogP contribution < -0.4 is 0 Å². The first-order valence-corrected chi connectivity index (χ1v) is 5.70. The number of aliphatic hydroxyl groups is 1. The van der Waals surface area contributed by atoms with Crippen LogP contribution in [0.5, 0.6) is 0 Å². The summed E-state index contributed by atoms with van der Waals surface area (Å²) in [7, 11) is 0. The van der Waals surface area contributed by atoms with Crippen LogP contribution in [0.25, 0.3) is 0 Å². The van der Waals surface area contributed by atoms with Crippen molar-refractivity contribution >= 4 is 23.4 Å². The number of benzene rings is 1. The Hall–Kier alpha value is -1.53. The second kappa shape index (κ2) is 6.08. The molecule has 0 aromatic heterocycles. The van der Waals surface area contributed by atoms with Crippen molar-refractivity contribution in [2.75, 3.05) is 0 Å². The van der Waals surface area contributed by atoms with Crippen LogP contribution in [0.3, 0.4) is 0 Å². The summed E-state index contributed by atoms with van der Waals surface area (Å²) < 4.78 is 25.1. The van der Waals surface area contributed by atoms with E-state index in [0.29, 0.717) is 0 Å². The summed E-state index contributed by atoms with van der Waals surface area (Å²) in [5.41, 5.74) is -1.04. The number of carboxylic acids is 1. The SMILES string of the molecule is CC(Cl)C(=O)c1ccc(C(F)F)cc1C(O)C(=O)O. The molecule has 0 amide bonds. The topological polar surface area (TPSA) is 74.6 Å². The average molecular weight is 293 g/mol. The van der Waals surface area contributed by atoms with Gasteiger partial charge in [-0.2, -0.15) is 0 Å². The molecule has 0 bridgehead atoms. The average Bonchev–Trinajstić information content (AvgIpc) is 2.35. The van der Waals surface area contributed by atoms with Gasteiger partial charge in [-0.1, -0.05) is 12.1 Å². The van der Waals surface area contributed by atoms with Gasteiger partial charge >= 0.3 is 5.97 Å². The fourth-order valence-electron chi connectivity index (χ4n) is 1.51. The van der Waals surface area contributed by atoms with Gasteiger partial charge in [0.1, 0.15) is 0 Å². The summed E-state index contributed by atoms with van der Waals surface area (Å²) in [4.78, 5) is 22.5. The van der Waals surface area contributed by atoms with Crippen molar-refractivity contribution in [2.45, 2.75) is 24.8 Å². The molecule has 7 heteroatoms. The number of ketones is 1. The molecule has 1 rings (SSSR count). The third-order valence-electron chi connectivity index (χ3n) is 2.48. The molecule has 2 unspecified atom stereocenters. The van der Waals surface area contributed by atoms with E-state index in [0.717, 1.165) is 18.2 Å². The summed E-state index contributed by atoms with van der Waals surface area (Å²) >= 11 is 5.59. The lowest BCUT2D eigenvalue weighted by Crippen LogP contribution is -2.19. The lowest BCUT2D eigenvalue weighted by Gasteiger charge is -2.14. The minimum atomic E-state index is -2.84. The van der Waals surface area contributed by atoms with Gasteiger partial charge in [-0.25, -0.2) is 13.6 Å². The van der Waals surface area contributed by atoms with E-state index in [-0.39, 0.29) is 11.1 Å². The highest BCUT2D eigenvalue weighted by molar-refractivity contribution is 6.33. The number of carbonyl (C=O) groups excluding carboxylic acids is 1. The monoisotopic (exact) mass is 292 g/mol. The van der Waals surface area contributed by atoms with Gasteiger partial charge in [0.25, 0.3) is 6.43 Å². The number of alkyl halides is 3. The Bertz CT molecular complexity index is 503. The Labute approximate surface area is 112 Å². The standard InChI is InChI=1S/C12H11ClF2O4/c1-5(13)9(16)7-3-2-6(11(14)15)4-8(7)10(17)12(18)19/h2-5,10-11,17H,1H3,(H,18,19). The van der Waals surface area contributed by atoms with Crippen LogP contribution in [0.2, 0.25) is 0 Å². The Balaban J connectivity index is 3.38. The van der Waals surface area contributed by atoms with Gasteiger partial charge in [0.2, 0.25) is 0 Å². The highest BCUT2D eigenvalue weighted by Gasteiger charge is 2.26. The lowest BCUT2D eigenvalue weighted by molar-refractivity contribution is -0.146. The van der Waals surface area contributed by atoms with Gasteiger partial charge in [0.15, 0.2) is 11.9 Å². The molecule has 0 spiro atoms. The number of carboxylic acid groups (broad SMARTS) is 1. The molecule has 1 aromatic carbocycles. The normalized spacial score (nSPS) is 14.2. The lowest BCUT2D eigenvalue weighted by atomic mass is 9.95. The van der Waals surface area contributed by atoms with Crippen molar-refractivity contribution in [3.63, 3.8) is 0 Å². The zero-order valence-corrected chi connectivity index (χ0v) is 10.6. The van der Waals surface area contributed by atoms with Crippen LogP contribution in [-0.2, 0) is 4.79 Å². The van der Waals surface area contributed by atoms with E-state index < -0.39 is 35.2 Å². The summed E-state index contributed by atoms with van der Waals surface area (Å²) in [5.74, 6) is -2.28. The second-order valence-electron chi connectivity index (χ2n) is 3.87. The molecule has 4 nitrogen and oxygen atoms in total. The number of carbonyl (C=O) groups is 2. The summed E-state index contributed by atoms with van der Waals surface area (Å²) in [6.45, 7) is 1.36. The molecule has 19 heavy (non-hydrogen) atoms. The summed E-state index contributed by atoms with van der Waals surface area (Å²) in [6, 6.07) is 2.84. The zero-order valence-electron chi connectivity index (χ0n) is 9.81. The van der Waals surface area contributed by atoms with E-state index in [1.165, 1.54) is 6.92 Å². The van der Waals surface area contributed by atoms with E-state index in [9.17, 15) is 23.5 Å². The Morgan fingerprint density at radius 1 is 1.32 bits per heavy atom. The number of hydrogen-bond acceptors (Lipinski definition) is 3. The molecular weight excluding hydrogens is 282 g/mol. The first kappa shape index (κ1) is 15.5. The van der Waals surface area contributed by atoms with Crippen molar-refractivity contribution in [1.82, 2.24) is 0 Å². The van der Waals surface area contributed by atoms with Crippen LogP contribution in [0.1, 0.15) is 40.9 Å². The molecule has 0 aliphatic carbocycles. The van der Waals surface area contributed by atoms with Gasteiger partial charge in [0, 0.05) is 16.7 Å². The van der Waals surface area contributed by atoms with E-state index in [2.05, 4.69) is 0 Å². The van der Waals surface area contributed by atoms with Crippen LogP contribution in [-0.4, -0.2) is 27.3 Å². The third-order valence-corrected chi connectivity index (χ3v) is 2.68. The van der Waals surface area contributed by atoms with Crippen LogP contribution in [0.4, 0.5) is 8.78 Å². The van der Waals surface area contributed by atoms with Crippen molar-refractivity contribution in [3.05, 3.63) is 34.9 Å². The van der Waals surface area contributed by atoms with E-state index >= 15 is 0 Å². The quantitative estimate of drug-likeness (QED) is 0.646. The molecule has 0 aliphatic rings. The number of rotatable bonds is 5. The molecule has 104 valence electrons. The predicted octanol–water partition coefficient (Wildman–Crippen LogP) is 2.55. The zero-order chi connectivity index (χ0) is 14.7. The number of halogens is 3. The fraction of sp³-hybridized carbons (Fsp3) is 0.333. The van der Waals surface area contributed by atoms with Crippen molar-refractivity contribution in [3.8, 4) is 0 Å². The van der Waals surface area contributed by atoms with E-state index in [4.69, 9.17) is 16.7 Å². The Morgan fingerprint density at radius 2 is 1.89 bits per heavy atom. The van der Waals surface area contributed by atoms with Gasteiger partial charge < -0.3 is 10.2 Å².